The van der Waals surface area contributed by atoms with Gasteiger partial charge < -0.3 is 10.3 Å². The van der Waals surface area contributed by atoms with E-state index in [-0.39, 0.29) is 23.8 Å². The van der Waals surface area contributed by atoms with Crippen molar-refractivity contribution in [3.05, 3.63) is 70.9 Å². The molecular formula is C17H13F3N2O. The molecule has 3 nitrogen and oxygen atoms in total. The van der Waals surface area contributed by atoms with Gasteiger partial charge in [-0.25, -0.2) is 13.2 Å². The summed E-state index contributed by atoms with van der Waals surface area (Å²) in [6.07, 6.45) is 0. The molecule has 0 aliphatic heterocycles. The topological polar surface area (TPSA) is 44.9 Å². The lowest BCUT2D eigenvalue weighted by molar-refractivity contribution is 0.0946. The van der Waals surface area contributed by atoms with Gasteiger partial charge in [-0.15, -0.1) is 0 Å². The van der Waals surface area contributed by atoms with Crippen LogP contribution in [0.5, 0.6) is 0 Å². The molecule has 118 valence electrons. The number of aromatic amines is 1. The summed E-state index contributed by atoms with van der Waals surface area (Å²) in [5.74, 6) is -1.37. The predicted octanol–water partition coefficient (Wildman–Crippen LogP) is 3.85. The molecule has 0 unspecified atom stereocenters. The summed E-state index contributed by atoms with van der Waals surface area (Å²) >= 11 is 0. The fourth-order valence-electron chi connectivity index (χ4n) is 2.34. The van der Waals surface area contributed by atoms with E-state index in [0.29, 0.717) is 22.2 Å². The van der Waals surface area contributed by atoms with Crippen LogP contribution in [0.2, 0.25) is 0 Å². The van der Waals surface area contributed by atoms with Crippen LogP contribution >= 0.6 is 0 Å². The summed E-state index contributed by atoms with van der Waals surface area (Å²) < 4.78 is 39.0. The van der Waals surface area contributed by atoms with E-state index in [4.69, 9.17) is 0 Å². The number of nitrogens with one attached hydrogen (secondary N) is 2. The Balaban J connectivity index is 1.73. The van der Waals surface area contributed by atoms with Crippen molar-refractivity contribution in [1.29, 1.82) is 0 Å². The van der Waals surface area contributed by atoms with Crippen molar-refractivity contribution in [2.75, 3.05) is 0 Å². The van der Waals surface area contributed by atoms with E-state index in [1.165, 1.54) is 30.3 Å². The number of alkyl halides is 1. The number of carbonyl (C=O) groups is 1. The Kier molecular flexibility index (Phi) is 4.06. The first kappa shape index (κ1) is 15.1. The van der Waals surface area contributed by atoms with Crippen LogP contribution < -0.4 is 5.32 Å². The van der Waals surface area contributed by atoms with Crippen LogP contribution in [0.15, 0.2) is 42.5 Å². The number of carbonyl (C=O) groups excluding carboxylic acids is 1. The molecule has 1 amide bonds. The van der Waals surface area contributed by atoms with Gasteiger partial charge in [-0.2, -0.15) is 0 Å². The molecule has 23 heavy (non-hydrogen) atoms. The highest BCUT2D eigenvalue weighted by Gasteiger charge is 2.10. The maximum Gasteiger partial charge on any atom is 0.267 e. The van der Waals surface area contributed by atoms with Crippen molar-refractivity contribution in [3.63, 3.8) is 0 Å². The Bertz CT molecular complexity index is 873. The highest BCUT2D eigenvalue weighted by molar-refractivity contribution is 5.97. The second-order valence-corrected chi connectivity index (χ2v) is 5.16. The monoisotopic (exact) mass is 318 g/mol. The molecule has 0 spiro atoms. The fourth-order valence-corrected chi connectivity index (χ4v) is 2.34. The molecule has 3 aromatic rings. The van der Waals surface area contributed by atoms with E-state index < -0.39 is 12.5 Å². The zero-order chi connectivity index (χ0) is 16.4. The standard InChI is InChI=1S/C17H13F3N2O/c18-8-12-5-10(1-3-14(12)20)9-21-17(23)16-7-11-6-13(19)2-4-15(11)22-16/h1-7,22H,8-9H2,(H,21,23). The zero-order valence-corrected chi connectivity index (χ0v) is 12.0. The van der Waals surface area contributed by atoms with Gasteiger partial charge in [0, 0.05) is 23.0 Å². The lowest BCUT2D eigenvalue weighted by Crippen LogP contribution is -2.23. The molecule has 0 saturated carbocycles. The van der Waals surface area contributed by atoms with Gasteiger partial charge in [0.05, 0.1) is 0 Å². The van der Waals surface area contributed by atoms with Crippen molar-refractivity contribution in [1.82, 2.24) is 10.3 Å². The minimum absolute atomic E-state index is 0.0437. The average molecular weight is 318 g/mol. The smallest absolute Gasteiger partial charge is 0.267 e. The van der Waals surface area contributed by atoms with E-state index in [1.807, 2.05) is 0 Å². The molecule has 3 rings (SSSR count). The van der Waals surface area contributed by atoms with Crippen molar-refractivity contribution in [3.8, 4) is 0 Å². The van der Waals surface area contributed by atoms with Gasteiger partial charge in [-0.3, -0.25) is 4.79 Å². The molecule has 6 heteroatoms. The average Bonchev–Trinajstić information content (AvgIpc) is 2.97. The van der Waals surface area contributed by atoms with Gasteiger partial charge in [0.1, 0.15) is 24.0 Å². The third-order valence-corrected chi connectivity index (χ3v) is 3.53. The van der Waals surface area contributed by atoms with Crippen molar-refractivity contribution in [2.24, 2.45) is 0 Å². The first-order chi connectivity index (χ1) is 11.1. The normalized spacial score (nSPS) is 10.9. The van der Waals surface area contributed by atoms with Crippen molar-refractivity contribution in [2.45, 2.75) is 13.2 Å². The number of halogens is 3. The SMILES string of the molecule is O=C(NCc1ccc(F)c(CF)c1)c1cc2cc(F)ccc2[nH]1. The summed E-state index contributed by atoms with van der Waals surface area (Å²) in [7, 11) is 0. The second-order valence-electron chi connectivity index (χ2n) is 5.16. The summed E-state index contributed by atoms with van der Waals surface area (Å²) in [5.41, 5.74) is 1.49. The van der Waals surface area contributed by atoms with Crippen LogP contribution in [0.3, 0.4) is 0 Å². The second kappa shape index (κ2) is 6.16. The summed E-state index contributed by atoms with van der Waals surface area (Å²) in [6, 6.07) is 9.75. The first-order valence-electron chi connectivity index (χ1n) is 6.96. The number of hydrogen-bond acceptors (Lipinski definition) is 1. The van der Waals surface area contributed by atoms with Crippen LogP contribution in [-0.2, 0) is 13.2 Å². The molecule has 2 aromatic carbocycles. The first-order valence-corrected chi connectivity index (χ1v) is 6.96. The van der Waals surface area contributed by atoms with Crippen molar-refractivity contribution < 1.29 is 18.0 Å². The maximum atomic E-state index is 13.2. The van der Waals surface area contributed by atoms with Crippen molar-refractivity contribution >= 4 is 16.8 Å². The largest absolute Gasteiger partial charge is 0.351 e. The van der Waals surface area contributed by atoms with E-state index in [1.54, 1.807) is 12.1 Å². The number of fused-ring (bicyclic) bond motifs is 1. The van der Waals surface area contributed by atoms with Crippen LogP contribution in [0.4, 0.5) is 13.2 Å². The fraction of sp³-hybridized carbons (Fsp3) is 0.118. The Morgan fingerprint density at radius 3 is 2.70 bits per heavy atom. The molecule has 0 bridgehead atoms. The molecular weight excluding hydrogens is 305 g/mol. The summed E-state index contributed by atoms with van der Waals surface area (Å²) in [4.78, 5) is 15.0. The lowest BCUT2D eigenvalue weighted by atomic mass is 10.1. The third-order valence-electron chi connectivity index (χ3n) is 3.53. The molecule has 0 radical (unpaired) electrons. The minimum atomic E-state index is -0.902. The van der Waals surface area contributed by atoms with Gasteiger partial charge in [0.15, 0.2) is 0 Å². The predicted molar refractivity (Wildman–Crippen MR) is 80.6 cm³/mol. The minimum Gasteiger partial charge on any atom is -0.351 e. The molecule has 0 aliphatic rings. The van der Waals surface area contributed by atoms with Crippen LogP contribution in [-0.4, -0.2) is 10.9 Å². The Morgan fingerprint density at radius 2 is 1.91 bits per heavy atom. The highest BCUT2D eigenvalue weighted by atomic mass is 19.1. The van der Waals surface area contributed by atoms with Gasteiger partial charge >= 0.3 is 0 Å². The summed E-state index contributed by atoms with van der Waals surface area (Å²) in [5, 5.41) is 3.25. The Labute approximate surface area is 130 Å². The zero-order valence-electron chi connectivity index (χ0n) is 12.0. The number of H-pyrrole nitrogens is 1. The third kappa shape index (κ3) is 3.21. The molecule has 1 aromatic heterocycles. The molecule has 0 fully saturated rings. The molecule has 0 aliphatic carbocycles. The molecule has 0 atom stereocenters. The Hall–Kier alpha value is -2.76. The van der Waals surface area contributed by atoms with Crippen LogP contribution in [0.25, 0.3) is 10.9 Å². The van der Waals surface area contributed by atoms with Gasteiger partial charge in [0.25, 0.3) is 5.91 Å². The number of rotatable bonds is 4. The Morgan fingerprint density at radius 1 is 1.09 bits per heavy atom. The van der Waals surface area contributed by atoms with E-state index >= 15 is 0 Å². The number of benzene rings is 2. The van der Waals surface area contributed by atoms with E-state index in [9.17, 15) is 18.0 Å². The summed E-state index contributed by atoms with van der Waals surface area (Å²) in [6.45, 7) is -0.767. The molecule has 0 saturated heterocycles. The van der Waals surface area contributed by atoms with Gasteiger partial charge in [-0.1, -0.05) is 6.07 Å². The van der Waals surface area contributed by atoms with E-state index in [0.717, 1.165) is 0 Å². The lowest BCUT2D eigenvalue weighted by Gasteiger charge is -2.06. The molecule has 1 heterocycles. The molecule has 2 N–H and O–H groups in total. The quantitative estimate of drug-likeness (QED) is 0.754. The number of aromatic nitrogens is 1. The van der Waals surface area contributed by atoms with E-state index in [2.05, 4.69) is 10.3 Å². The van der Waals surface area contributed by atoms with Gasteiger partial charge in [-0.05, 0) is 42.0 Å². The van der Waals surface area contributed by atoms with Crippen LogP contribution in [0, 0.1) is 11.6 Å². The highest BCUT2D eigenvalue weighted by Crippen LogP contribution is 2.17. The maximum absolute atomic E-state index is 13.2. The van der Waals surface area contributed by atoms with Gasteiger partial charge in [0.2, 0.25) is 0 Å². The number of amides is 1. The number of hydrogen-bond donors (Lipinski definition) is 2. The van der Waals surface area contributed by atoms with Crippen LogP contribution in [0.1, 0.15) is 21.6 Å².